The summed E-state index contributed by atoms with van der Waals surface area (Å²) in [5.41, 5.74) is 3.20. The molecule has 6 heteroatoms. The van der Waals surface area contributed by atoms with Crippen LogP contribution in [-0.2, 0) is 17.6 Å². The van der Waals surface area contributed by atoms with E-state index in [0.717, 1.165) is 43.0 Å². The van der Waals surface area contributed by atoms with Gasteiger partial charge in [-0.2, -0.15) is 4.98 Å². The highest BCUT2D eigenvalue weighted by Crippen LogP contribution is 2.31. The molecule has 0 unspecified atom stereocenters. The van der Waals surface area contributed by atoms with E-state index >= 15 is 0 Å². The molecule has 23 heavy (non-hydrogen) atoms. The number of rotatable bonds is 5. The van der Waals surface area contributed by atoms with Crippen LogP contribution in [0.25, 0.3) is 0 Å². The molecule has 2 aromatic rings. The second kappa shape index (κ2) is 6.40. The molecule has 0 aliphatic carbocycles. The second-order valence-corrected chi connectivity index (χ2v) is 5.93. The molecule has 1 aliphatic rings. The van der Waals surface area contributed by atoms with Gasteiger partial charge in [-0.3, -0.25) is 4.79 Å². The highest BCUT2D eigenvalue weighted by atomic mass is 16.5. The third kappa shape index (κ3) is 3.21. The normalized spacial score (nSPS) is 14.7. The first-order chi connectivity index (χ1) is 11.1. The van der Waals surface area contributed by atoms with Crippen molar-refractivity contribution in [2.75, 3.05) is 16.8 Å². The summed E-state index contributed by atoms with van der Waals surface area (Å²) in [5.74, 6) is 1.44. The van der Waals surface area contributed by atoms with Gasteiger partial charge in [0.15, 0.2) is 5.82 Å². The second-order valence-electron chi connectivity index (χ2n) is 5.93. The molecule has 1 N–H and O–H groups in total. The topological polar surface area (TPSA) is 71.3 Å². The van der Waals surface area contributed by atoms with Crippen LogP contribution in [0.1, 0.15) is 50.5 Å². The van der Waals surface area contributed by atoms with E-state index in [9.17, 15) is 4.79 Å². The Hall–Kier alpha value is -2.37. The first-order valence-corrected chi connectivity index (χ1v) is 8.08. The molecular formula is C17H22N4O2. The molecule has 6 nitrogen and oxygen atoms in total. The summed E-state index contributed by atoms with van der Waals surface area (Å²) in [4.78, 5) is 17.8. The third-order valence-corrected chi connectivity index (χ3v) is 4.07. The molecule has 2 heterocycles. The number of amides is 1. The van der Waals surface area contributed by atoms with E-state index in [2.05, 4.69) is 28.4 Å². The smallest absolute Gasteiger partial charge is 0.248 e. The molecule has 0 bridgehead atoms. The summed E-state index contributed by atoms with van der Waals surface area (Å²) in [5, 5.41) is 7.37. The van der Waals surface area contributed by atoms with Crippen molar-refractivity contribution in [2.45, 2.75) is 46.1 Å². The van der Waals surface area contributed by atoms with Gasteiger partial charge in [-0.15, -0.1) is 0 Å². The summed E-state index contributed by atoms with van der Waals surface area (Å²) in [6.07, 6.45) is 2.72. The minimum atomic E-state index is -0.0588. The number of nitrogens with one attached hydrogen (secondary N) is 1. The Morgan fingerprint density at radius 3 is 3.04 bits per heavy atom. The number of carbonyl (C=O) groups excluding carboxylic acids is 1. The molecule has 1 aliphatic heterocycles. The van der Waals surface area contributed by atoms with Gasteiger partial charge in [-0.1, -0.05) is 12.1 Å². The fraction of sp³-hybridized carbons (Fsp3) is 0.471. The first kappa shape index (κ1) is 15.5. The van der Waals surface area contributed by atoms with Crippen molar-refractivity contribution in [3.05, 3.63) is 35.5 Å². The molecule has 0 spiro atoms. The summed E-state index contributed by atoms with van der Waals surface area (Å²) < 4.78 is 5.32. The molecule has 1 amide bonds. The Bertz CT molecular complexity index is 710. The van der Waals surface area contributed by atoms with E-state index in [1.165, 1.54) is 5.56 Å². The lowest BCUT2D eigenvalue weighted by Crippen LogP contribution is -2.25. The van der Waals surface area contributed by atoms with E-state index in [0.29, 0.717) is 5.89 Å². The zero-order valence-corrected chi connectivity index (χ0v) is 13.8. The van der Waals surface area contributed by atoms with Crippen LogP contribution in [0, 0.1) is 0 Å². The maximum atomic E-state index is 11.6. The Morgan fingerprint density at radius 1 is 1.48 bits per heavy atom. The van der Waals surface area contributed by atoms with Gasteiger partial charge in [0.25, 0.3) is 0 Å². The van der Waals surface area contributed by atoms with Gasteiger partial charge in [0.05, 0.1) is 0 Å². The molecule has 122 valence electrons. The van der Waals surface area contributed by atoms with Crippen molar-refractivity contribution in [1.29, 1.82) is 0 Å². The monoisotopic (exact) mass is 314 g/mol. The number of carbonyl (C=O) groups is 1. The third-order valence-electron chi connectivity index (χ3n) is 4.07. The van der Waals surface area contributed by atoms with Crippen molar-refractivity contribution in [3.63, 3.8) is 0 Å². The number of aryl methyl sites for hydroxylation is 1. The van der Waals surface area contributed by atoms with E-state index in [-0.39, 0.29) is 11.9 Å². The van der Waals surface area contributed by atoms with Gasteiger partial charge < -0.3 is 14.7 Å². The van der Waals surface area contributed by atoms with Crippen LogP contribution in [0.15, 0.2) is 22.7 Å². The van der Waals surface area contributed by atoms with Crippen molar-refractivity contribution < 1.29 is 9.32 Å². The Morgan fingerprint density at radius 2 is 2.30 bits per heavy atom. The quantitative estimate of drug-likeness (QED) is 0.918. The van der Waals surface area contributed by atoms with Gasteiger partial charge in [-0.05, 0) is 43.5 Å². The van der Waals surface area contributed by atoms with Crippen molar-refractivity contribution in [2.24, 2.45) is 0 Å². The lowest BCUT2D eigenvalue weighted by molar-refractivity contribution is -0.116. The molecule has 0 saturated carbocycles. The maximum Gasteiger partial charge on any atom is 0.248 e. The average molecular weight is 314 g/mol. The van der Waals surface area contributed by atoms with Crippen LogP contribution < -0.4 is 10.2 Å². The molecular weight excluding hydrogens is 292 g/mol. The van der Waals surface area contributed by atoms with Crippen LogP contribution in [0.3, 0.4) is 0 Å². The Labute approximate surface area is 135 Å². The van der Waals surface area contributed by atoms with E-state index < -0.39 is 0 Å². The molecule has 1 aromatic heterocycles. The van der Waals surface area contributed by atoms with Crippen molar-refractivity contribution >= 4 is 17.3 Å². The summed E-state index contributed by atoms with van der Waals surface area (Å²) >= 11 is 0. The average Bonchev–Trinajstić information content (AvgIpc) is 3.13. The Balaban J connectivity index is 1.72. The molecule has 0 saturated heterocycles. The van der Waals surface area contributed by atoms with Gasteiger partial charge in [0.2, 0.25) is 11.8 Å². The maximum absolute atomic E-state index is 11.6. The van der Waals surface area contributed by atoms with E-state index in [1.54, 1.807) is 6.92 Å². The van der Waals surface area contributed by atoms with Crippen molar-refractivity contribution in [3.8, 4) is 0 Å². The Kier molecular flexibility index (Phi) is 4.32. The zero-order chi connectivity index (χ0) is 16.4. The summed E-state index contributed by atoms with van der Waals surface area (Å²) in [6.45, 7) is 6.45. The number of hydrogen-bond acceptors (Lipinski definition) is 5. The minimum Gasteiger partial charge on any atom is -0.374 e. The minimum absolute atomic E-state index is 0.0588. The highest BCUT2D eigenvalue weighted by molar-refractivity contribution is 5.94. The number of nitrogens with zero attached hydrogens (tertiary/aromatic N) is 3. The SMILES string of the molecule is CCCc1noc([C@H](C)Nc2ccc3c(c2)CCN3C(C)=O)n1. The summed E-state index contributed by atoms with van der Waals surface area (Å²) in [6, 6.07) is 6.02. The van der Waals surface area contributed by atoms with Crippen LogP contribution in [-0.4, -0.2) is 22.6 Å². The van der Waals surface area contributed by atoms with Crippen molar-refractivity contribution in [1.82, 2.24) is 10.1 Å². The predicted molar refractivity (Wildman–Crippen MR) is 88.5 cm³/mol. The highest BCUT2D eigenvalue weighted by Gasteiger charge is 2.22. The summed E-state index contributed by atoms with van der Waals surface area (Å²) in [7, 11) is 0. The fourth-order valence-electron chi connectivity index (χ4n) is 2.90. The van der Waals surface area contributed by atoms with Crippen LogP contribution in [0.5, 0.6) is 0 Å². The number of hydrogen-bond donors (Lipinski definition) is 1. The van der Waals surface area contributed by atoms with E-state index in [4.69, 9.17) is 4.52 Å². The fourth-order valence-corrected chi connectivity index (χ4v) is 2.90. The number of anilines is 2. The molecule has 1 aromatic carbocycles. The van der Waals surface area contributed by atoms with Crippen LogP contribution in [0.4, 0.5) is 11.4 Å². The standard InChI is InChI=1S/C17H22N4O2/c1-4-5-16-19-17(23-20-16)11(2)18-14-6-7-15-13(10-14)8-9-21(15)12(3)22/h6-7,10-11,18H,4-5,8-9H2,1-3H3/t11-/m0/s1. The molecule has 0 radical (unpaired) electrons. The van der Waals surface area contributed by atoms with Gasteiger partial charge in [-0.25, -0.2) is 0 Å². The number of fused-ring (bicyclic) bond motifs is 1. The van der Waals surface area contributed by atoms with Gasteiger partial charge in [0.1, 0.15) is 6.04 Å². The molecule has 1 atom stereocenters. The van der Waals surface area contributed by atoms with E-state index in [1.807, 2.05) is 24.0 Å². The lowest BCUT2D eigenvalue weighted by Gasteiger charge is -2.16. The van der Waals surface area contributed by atoms with Gasteiger partial charge >= 0.3 is 0 Å². The van der Waals surface area contributed by atoms with Crippen LogP contribution in [0.2, 0.25) is 0 Å². The molecule has 3 rings (SSSR count). The first-order valence-electron chi connectivity index (χ1n) is 8.08. The number of aromatic nitrogens is 2. The molecule has 0 fully saturated rings. The largest absolute Gasteiger partial charge is 0.374 e. The van der Waals surface area contributed by atoms with Crippen LogP contribution >= 0.6 is 0 Å². The number of benzene rings is 1. The predicted octanol–water partition coefficient (Wildman–Crippen LogP) is 3.10. The van der Waals surface area contributed by atoms with Gasteiger partial charge in [0, 0.05) is 31.3 Å². The zero-order valence-electron chi connectivity index (χ0n) is 13.8. The lowest BCUT2D eigenvalue weighted by atomic mass is 10.1.